The Morgan fingerprint density at radius 2 is 1.87 bits per heavy atom. The van der Waals surface area contributed by atoms with Gasteiger partial charge in [0.05, 0.1) is 13.2 Å². The lowest BCUT2D eigenvalue weighted by atomic mass is 10.1. The number of aliphatic imine (C=N–C) groups is 1. The SMILES string of the molecule is CN=C(NCCCOCC1CCOC1)NCCCN1CCN(c2ccccc2)CC1. The molecule has 2 saturated heterocycles. The van der Waals surface area contributed by atoms with Crippen LogP contribution in [0.2, 0.25) is 0 Å². The van der Waals surface area contributed by atoms with Crippen LogP contribution in [0, 0.1) is 5.92 Å². The summed E-state index contributed by atoms with van der Waals surface area (Å²) in [6, 6.07) is 10.7. The number of anilines is 1. The zero-order valence-corrected chi connectivity index (χ0v) is 18.5. The zero-order chi connectivity index (χ0) is 20.9. The third kappa shape index (κ3) is 8.13. The second-order valence-electron chi connectivity index (χ2n) is 8.10. The van der Waals surface area contributed by atoms with Gasteiger partial charge in [0.2, 0.25) is 0 Å². The number of ether oxygens (including phenoxy) is 2. The summed E-state index contributed by atoms with van der Waals surface area (Å²) >= 11 is 0. The van der Waals surface area contributed by atoms with Crippen LogP contribution >= 0.6 is 0 Å². The molecule has 1 atom stereocenters. The molecule has 2 fully saturated rings. The summed E-state index contributed by atoms with van der Waals surface area (Å²) in [6.07, 6.45) is 3.25. The highest BCUT2D eigenvalue weighted by Gasteiger charge is 2.17. The van der Waals surface area contributed by atoms with Crippen molar-refractivity contribution >= 4 is 11.6 Å². The molecule has 2 heterocycles. The lowest BCUT2D eigenvalue weighted by Crippen LogP contribution is -2.47. The number of benzene rings is 1. The van der Waals surface area contributed by atoms with Crippen molar-refractivity contribution in [3.05, 3.63) is 30.3 Å². The van der Waals surface area contributed by atoms with Gasteiger partial charge in [0.15, 0.2) is 5.96 Å². The van der Waals surface area contributed by atoms with Gasteiger partial charge in [-0.05, 0) is 37.9 Å². The Morgan fingerprint density at radius 3 is 2.57 bits per heavy atom. The van der Waals surface area contributed by atoms with Gasteiger partial charge in [0.1, 0.15) is 0 Å². The van der Waals surface area contributed by atoms with E-state index in [1.165, 1.54) is 5.69 Å². The van der Waals surface area contributed by atoms with Crippen LogP contribution in [-0.2, 0) is 9.47 Å². The molecule has 168 valence electrons. The van der Waals surface area contributed by atoms with E-state index in [1.54, 1.807) is 0 Å². The molecular weight excluding hydrogens is 378 g/mol. The van der Waals surface area contributed by atoms with Crippen molar-refractivity contribution in [2.75, 3.05) is 84.2 Å². The van der Waals surface area contributed by atoms with Crippen LogP contribution in [0.15, 0.2) is 35.3 Å². The second-order valence-corrected chi connectivity index (χ2v) is 8.10. The van der Waals surface area contributed by atoms with Crippen LogP contribution in [0.5, 0.6) is 0 Å². The Morgan fingerprint density at radius 1 is 1.10 bits per heavy atom. The molecule has 2 aliphatic heterocycles. The average Bonchev–Trinajstić information content (AvgIpc) is 3.32. The van der Waals surface area contributed by atoms with Gasteiger partial charge in [-0.15, -0.1) is 0 Å². The highest BCUT2D eigenvalue weighted by molar-refractivity contribution is 5.79. The Bertz CT molecular complexity index is 599. The number of guanidine groups is 1. The van der Waals surface area contributed by atoms with Crippen LogP contribution in [0.25, 0.3) is 0 Å². The molecule has 1 unspecified atom stereocenters. The number of piperazine rings is 1. The summed E-state index contributed by atoms with van der Waals surface area (Å²) in [5, 5.41) is 6.80. The Labute approximate surface area is 181 Å². The lowest BCUT2D eigenvalue weighted by molar-refractivity contribution is 0.0888. The minimum absolute atomic E-state index is 0.591. The van der Waals surface area contributed by atoms with Gasteiger partial charge in [0, 0.05) is 71.1 Å². The number of nitrogens with zero attached hydrogens (tertiary/aromatic N) is 3. The molecule has 7 heteroatoms. The Balaban J connectivity index is 1.17. The molecule has 0 aliphatic carbocycles. The van der Waals surface area contributed by atoms with Crippen LogP contribution in [0.4, 0.5) is 5.69 Å². The average molecular weight is 418 g/mol. The molecule has 1 aromatic rings. The molecule has 3 rings (SSSR count). The molecule has 2 aliphatic rings. The lowest BCUT2D eigenvalue weighted by Gasteiger charge is -2.36. The summed E-state index contributed by atoms with van der Waals surface area (Å²) in [5.74, 6) is 1.47. The van der Waals surface area contributed by atoms with Crippen molar-refractivity contribution in [1.29, 1.82) is 0 Å². The van der Waals surface area contributed by atoms with Gasteiger partial charge < -0.3 is 25.0 Å². The largest absolute Gasteiger partial charge is 0.381 e. The number of nitrogens with one attached hydrogen (secondary N) is 2. The summed E-state index contributed by atoms with van der Waals surface area (Å²) < 4.78 is 11.1. The first-order chi connectivity index (χ1) is 14.8. The standard InChI is InChI=1S/C23H39N5O2/c1-24-23(26-11-6-17-29-19-21-9-18-30-20-21)25-10-5-12-27-13-15-28(16-14-27)22-7-3-2-4-8-22/h2-4,7-8,21H,5-6,9-20H2,1H3,(H2,24,25,26). The third-order valence-electron chi connectivity index (χ3n) is 5.80. The molecular formula is C23H39N5O2. The maximum Gasteiger partial charge on any atom is 0.190 e. The minimum Gasteiger partial charge on any atom is -0.381 e. The van der Waals surface area contributed by atoms with E-state index in [2.05, 4.69) is 55.8 Å². The van der Waals surface area contributed by atoms with Gasteiger partial charge in [-0.25, -0.2) is 0 Å². The van der Waals surface area contributed by atoms with E-state index in [0.717, 1.165) is 97.5 Å². The van der Waals surface area contributed by atoms with Gasteiger partial charge in [0.25, 0.3) is 0 Å². The highest BCUT2D eigenvalue weighted by Crippen LogP contribution is 2.15. The first-order valence-corrected chi connectivity index (χ1v) is 11.5. The monoisotopic (exact) mass is 417 g/mol. The first-order valence-electron chi connectivity index (χ1n) is 11.5. The van der Waals surface area contributed by atoms with Crippen LogP contribution in [0.3, 0.4) is 0 Å². The normalized spacial score (nSPS) is 20.5. The molecule has 0 saturated carbocycles. The molecule has 30 heavy (non-hydrogen) atoms. The zero-order valence-electron chi connectivity index (χ0n) is 18.5. The van der Waals surface area contributed by atoms with Crippen molar-refractivity contribution in [3.63, 3.8) is 0 Å². The van der Waals surface area contributed by atoms with Gasteiger partial charge in [-0.2, -0.15) is 0 Å². The summed E-state index contributed by atoms with van der Waals surface area (Å²) in [7, 11) is 1.83. The summed E-state index contributed by atoms with van der Waals surface area (Å²) in [5.41, 5.74) is 1.34. The predicted octanol–water partition coefficient (Wildman–Crippen LogP) is 1.81. The van der Waals surface area contributed by atoms with Gasteiger partial charge in [-0.3, -0.25) is 9.89 Å². The molecule has 0 spiro atoms. The van der Waals surface area contributed by atoms with Gasteiger partial charge >= 0.3 is 0 Å². The van der Waals surface area contributed by atoms with E-state index in [1.807, 2.05) is 7.05 Å². The summed E-state index contributed by atoms with van der Waals surface area (Å²) in [4.78, 5) is 9.35. The number of hydrogen-bond acceptors (Lipinski definition) is 5. The maximum atomic E-state index is 5.75. The van der Waals surface area contributed by atoms with Crippen LogP contribution in [-0.4, -0.2) is 90.1 Å². The minimum atomic E-state index is 0.591. The number of hydrogen-bond donors (Lipinski definition) is 2. The predicted molar refractivity (Wildman–Crippen MR) is 123 cm³/mol. The van der Waals surface area contributed by atoms with Crippen molar-refractivity contribution < 1.29 is 9.47 Å². The van der Waals surface area contributed by atoms with Crippen molar-refractivity contribution in [2.24, 2.45) is 10.9 Å². The maximum absolute atomic E-state index is 5.75. The molecule has 0 radical (unpaired) electrons. The summed E-state index contributed by atoms with van der Waals surface area (Å²) in [6.45, 7) is 10.8. The van der Waals surface area contributed by atoms with Crippen molar-refractivity contribution in [2.45, 2.75) is 19.3 Å². The molecule has 7 nitrogen and oxygen atoms in total. The van der Waals surface area contributed by atoms with E-state index in [9.17, 15) is 0 Å². The van der Waals surface area contributed by atoms with Crippen LogP contribution in [0.1, 0.15) is 19.3 Å². The fourth-order valence-electron chi connectivity index (χ4n) is 3.94. The second kappa shape index (κ2) is 13.5. The molecule has 0 amide bonds. The molecule has 0 bridgehead atoms. The quantitative estimate of drug-likeness (QED) is 0.325. The van der Waals surface area contributed by atoms with Crippen LogP contribution < -0.4 is 15.5 Å². The van der Waals surface area contributed by atoms with E-state index in [0.29, 0.717) is 5.92 Å². The Kier molecular flexibility index (Phi) is 10.3. The fourth-order valence-corrected chi connectivity index (χ4v) is 3.94. The highest BCUT2D eigenvalue weighted by atomic mass is 16.5. The van der Waals surface area contributed by atoms with E-state index < -0.39 is 0 Å². The molecule has 0 aromatic heterocycles. The van der Waals surface area contributed by atoms with E-state index in [4.69, 9.17) is 9.47 Å². The fraction of sp³-hybridized carbons (Fsp3) is 0.696. The van der Waals surface area contributed by atoms with E-state index in [-0.39, 0.29) is 0 Å². The van der Waals surface area contributed by atoms with Crippen molar-refractivity contribution in [1.82, 2.24) is 15.5 Å². The topological polar surface area (TPSA) is 61.4 Å². The Hall–Kier alpha value is -1.83. The van der Waals surface area contributed by atoms with E-state index >= 15 is 0 Å². The number of para-hydroxylation sites is 1. The number of rotatable bonds is 11. The van der Waals surface area contributed by atoms with Gasteiger partial charge in [-0.1, -0.05) is 18.2 Å². The first kappa shape index (κ1) is 22.8. The molecule has 2 N–H and O–H groups in total. The molecule has 1 aromatic carbocycles. The third-order valence-corrected chi connectivity index (χ3v) is 5.80. The van der Waals surface area contributed by atoms with Crippen molar-refractivity contribution in [3.8, 4) is 0 Å². The smallest absolute Gasteiger partial charge is 0.190 e.